The summed E-state index contributed by atoms with van der Waals surface area (Å²) in [6.45, 7) is 9.13. The number of aryl methyl sites for hydroxylation is 2. The molecule has 1 aliphatic rings. The molecule has 0 fully saturated rings. The summed E-state index contributed by atoms with van der Waals surface area (Å²) in [6, 6.07) is 54.8. The topological polar surface area (TPSA) is 0 Å². The molecule has 0 N–H and O–H groups in total. The van der Waals surface area contributed by atoms with Crippen molar-refractivity contribution < 1.29 is 0 Å². The molecule has 8 aromatic carbocycles. The fourth-order valence-corrected chi connectivity index (χ4v) is 8.34. The predicted octanol–water partition coefficient (Wildman–Crippen LogP) is 13.1. The van der Waals surface area contributed by atoms with Crippen molar-refractivity contribution in [3.63, 3.8) is 0 Å². The molecule has 224 valence electrons. The summed E-state index contributed by atoms with van der Waals surface area (Å²) < 4.78 is 0. The van der Waals surface area contributed by atoms with Gasteiger partial charge in [-0.25, -0.2) is 0 Å². The highest BCUT2D eigenvalue weighted by atomic mass is 14.4. The smallest absolute Gasteiger partial charge is 0.0158 e. The van der Waals surface area contributed by atoms with E-state index in [1.54, 1.807) is 0 Å². The van der Waals surface area contributed by atoms with Crippen LogP contribution >= 0.6 is 0 Å². The van der Waals surface area contributed by atoms with Crippen LogP contribution in [0.5, 0.6) is 0 Å². The molecule has 0 nitrogen and oxygen atoms in total. The van der Waals surface area contributed by atoms with Crippen LogP contribution in [0.25, 0.3) is 76.8 Å². The summed E-state index contributed by atoms with van der Waals surface area (Å²) in [5, 5.41) is 7.68. The van der Waals surface area contributed by atoms with Gasteiger partial charge in [0.1, 0.15) is 0 Å². The summed E-state index contributed by atoms with van der Waals surface area (Å²) in [5.74, 6) is 0. The van der Waals surface area contributed by atoms with Gasteiger partial charge in [-0.15, -0.1) is 0 Å². The first-order valence-corrected chi connectivity index (χ1v) is 16.7. The zero-order valence-electron chi connectivity index (χ0n) is 27.4. The zero-order valence-corrected chi connectivity index (χ0v) is 27.4. The van der Waals surface area contributed by atoms with Gasteiger partial charge in [-0.1, -0.05) is 152 Å². The van der Waals surface area contributed by atoms with Crippen LogP contribution < -0.4 is 0 Å². The summed E-state index contributed by atoms with van der Waals surface area (Å²) in [4.78, 5) is 0. The number of hydrogen-bond acceptors (Lipinski definition) is 0. The minimum Gasteiger partial charge on any atom is -0.0619 e. The third kappa shape index (κ3) is 4.29. The monoisotopic (exact) mass is 600 g/mol. The van der Waals surface area contributed by atoms with Crippen molar-refractivity contribution in [1.82, 2.24) is 0 Å². The summed E-state index contributed by atoms with van der Waals surface area (Å²) in [6.07, 6.45) is 0. The molecule has 0 heterocycles. The summed E-state index contributed by atoms with van der Waals surface area (Å²) in [5.41, 5.74) is 15.7. The van der Waals surface area contributed by atoms with E-state index in [-0.39, 0.29) is 5.41 Å². The Labute approximate surface area is 277 Å². The van der Waals surface area contributed by atoms with E-state index in [2.05, 4.69) is 173 Å². The standard InChI is InChI=1S/C47H36/c1-29-23-30(2)25-36(24-29)46-39-15-8-7-14-38(39)45(35-20-22-44-41(28-35)37-13-9-10-16-43(37)47(44,3)4)42-27-34(19-21-40(42)46)33-18-17-31-11-5-6-12-32(31)26-33/h5-28H,1-4H3. The Morgan fingerprint density at radius 2 is 0.936 bits per heavy atom. The quantitative estimate of drug-likeness (QED) is 0.177. The molecule has 0 aromatic heterocycles. The molecule has 0 saturated heterocycles. The second-order valence-electron chi connectivity index (χ2n) is 13.9. The van der Waals surface area contributed by atoms with Crippen LogP contribution in [0.4, 0.5) is 0 Å². The molecule has 0 amide bonds. The van der Waals surface area contributed by atoms with Crippen LogP contribution in [0, 0.1) is 13.8 Å². The molecule has 0 radical (unpaired) electrons. The predicted molar refractivity (Wildman–Crippen MR) is 202 cm³/mol. The van der Waals surface area contributed by atoms with E-state index in [1.165, 1.54) is 99.1 Å². The van der Waals surface area contributed by atoms with Crippen LogP contribution in [-0.4, -0.2) is 0 Å². The van der Waals surface area contributed by atoms with E-state index < -0.39 is 0 Å². The van der Waals surface area contributed by atoms with Crippen LogP contribution in [0.2, 0.25) is 0 Å². The molecule has 0 atom stereocenters. The lowest BCUT2D eigenvalue weighted by Gasteiger charge is -2.22. The molecule has 1 aliphatic carbocycles. The van der Waals surface area contributed by atoms with E-state index in [0.717, 1.165) is 0 Å². The third-order valence-electron chi connectivity index (χ3n) is 10.5. The van der Waals surface area contributed by atoms with E-state index >= 15 is 0 Å². The average molecular weight is 601 g/mol. The van der Waals surface area contributed by atoms with Crippen LogP contribution in [-0.2, 0) is 5.41 Å². The Kier molecular flexibility index (Phi) is 6.08. The van der Waals surface area contributed by atoms with Crippen molar-refractivity contribution in [3.05, 3.63) is 168 Å². The Morgan fingerprint density at radius 3 is 1.72 bits per heavy atom. The fraction of sp³-hybridized carbons (Fsp3) is 0.106. The van der Waals surface area contributed by atoms with E-state index in [9.17, 15) is 0 Å². The molecule has 0 aliphatic heterocycles. The van der Waals surface area contributed by atoms with E-state index in [0.29, 0.717) is 0 Å². The van der Waals surface area contributed by atoms with Gasteiger partial charge in [-0.3, -0.25) is 0 Å². The minimum absolute atomic E-state index is 0.0231. The molecular weight excluding hydrogens is 565 g/mol. The highest BCUT2D eigenvalue weighted by molar-refractivity contribution is 6.22. The average Bonchev–Trinajstić information content (AvgIpc) is 3.31. The van der Waals surface area contributed by atoms with Gasteiger partial charge >= 0.3 is 0 Å². The minimum atomic E-state index is -0.0231. The molecule has 0 bridgehead atoms. The van der Waals surface area contributed by atoms with Crippen LogP contribution in [0.1, 0.15) is 36.1 Å². The maximum atomic E-state index is 2.46. The van der Waals surface area contributed by atoms with Crippen molar-refractivity contribution in [1.29, 1.82) is 0 Å². The first-order valence-electron chi connectivity index (χ1n) is 16.7. The normalized spacial score (nSPS) is 13.3. The van der Waals surface area contributed by atoms with E-state index in [4.69, 9.17) is 0 Å². The summed E-state index contributed by atoms with van der Waals surface area (Å²) in [7, 11) is 0. The van der Waals surface area contributed by atoms with Gasteiger partial charge in [0.25, 0.3) is 0 Å². The Bertz CT molecular complexity index is 2540. The Balaban J connectivity index is 1.39. The lowest BCUT2D eigenvalue weighted by atomic mass is 9.81. The second-order valence-corrected chi connectivity index (χ2v) is 13.9. The second kappa shape index (κ2) is 10.3. The number of benzene rings is 8. The largest absolute Gasteiger partial charge is 0.0619 e. The molecule has 8 aromatic rings. The molecule has 0 spiro atoms. The van der Waals surface area contributed by atoms with E-state index in [1.807, 2.05) is 0 Å². The molecular formula is C47H36. The number of hydrogen-bond donors (Lipinski definition) is 0. The first kappa shape index (κ1) is 27.8. The van der Waals surface area contributed by atoms with Crippen molar-refractivity contribution in [2.75, 3.05) is 0 Å². The summed E-state index contributed by atoms with van der Waals surface area (Å²) >= 11 is 0. The molecule has 0 unspecified atom stereocenters. The van der Waals surface area contributed by atoms with Gasteiger partial charge in [0, 0.05) is 5.41 Å². The maximum Gasteiger partial charge on any atom is 0.0158 e. The number of fused-ring (bicyclic) bond motifs is 6. The number of rotatable bonds is 3. The Morgan fingerprint density at radius 1 is 0.362 bits per heavy atom. The van der Waals surface area contributed by atoms with Crippen molar-refractivity contribution in [3.8, 4) is 44.5 Å². The molecule has 9 rings (SSSR count). The molecule has 47 heavy (non-hydrogen) atoms. The van der Waals surface area contributed by atoms with Crippen molar-refractivity contribution in [2.24, 2.45) is 0 Å². The van der Waals surface area contributed by atoms with Crippen LogP contribution in [0.15, 0.2) is 146 Å². The Hall–Kier alpha value is -5.46. The van der Waals surface area contributed by atoms with Crippen molar-refractivity contribution >= 4 is 32.3 Å². The highest BCUT2D eigenvalue weighted by Gasteiger charge is 2.35. The lowest BCUT2D eigenvalue weighted by molar-refractivity contribution is 0.660. The lowest BCUT2D eigenvalue weighted by Crippen LogP contribution is -2.14. The van der Waals surface area contributed by atoms with Gasteiger partial charge in [-0.2, -0.15) is 0 Å². The first-order chi connectivity index (χ1) is 22.9. The fourth-order valence-electron chi connectivity index (χ4n) is 8.34. The zero-order chi connectivity index (χ0) is 31.9. The highest BCUT2D eigenvalue weighted by Crippen LogP contribution is 2.51. The van der Waals surface area contributed by atoms with Crippen LogP contribution in [0.3, 0.4) is 0 Å². The molecule has 0 heteroatoms. The SMILES string of the molecule is Cc1cc(C)cc(-c2c3ccccc3c(-c3ccc4c(c3)-c3ccccc3C4(C)C)c3cc(-c4ccc5ccccc5c4)ccc23)c1. The van der Waals surface area contributed by atoms with Gasteiger partial charge in [-0.05, 0) is 120 Å². The third-order valence-corrected chi connectivity index (χ3v) is 10.5. The van der Waals surface area contributed by atoms with Gasteiger partial charge in [0.15, 0.2) is 0 Å². The van der Waals surface area contributed by atoms with Gasteiger partial charge < -0.3 is 0 Å². The van der Waals surface area contributed by atoms with Gasteiger partial charge in [0.05, 0.1) is 0 Å². The molecule has 0 saturated carbocycles. The van der Waals surface area contributed by atoms with Gasteiger partial charge in [0.2, 0.25) is 0 Å². The van der Waals surface area contributed by atoms with Crippen molar-refractivity contribution in [2.45, 2.75) is 33.1 Å². The maximum absolute atomic E-state index is 2.46.